The summed E-state index contributed by atoms with van der Waals surface area (Å²) in [6, 6.07) is 11.4. The number of nitrogens with zero attached hydrogens (tertiary/aromatic N) is 1. The summed E-state index contributed by atoms with van der Waals surface area (Å²) in [5, 5.41) is 9.40. The second kappa shape index (κ2) is 7.43. The lowest BCUT2D eigenvalue weighted by Crippen LogP contribution is -2.17. The molecule has 1 aromatic carbocycles. The molecule has 2 aromatic rings. The van der Waals surface area contributed by atoms with E-state index in [2.05, 4.69) is 4.98 Å². The Morgan fingerprint density at radius 3 is 2.67 bits per heavy atom. The number of ether oxygens (including phenoxy) is 1. The van der Waals surface area contributed by atoms with Crippen LogP contribution in [0.5, 0.6) is 5.75 Å². The Morgan fingerprint density at radius 1 is 1.24 bits per heavy atom. The minimum absolute atomic E-state index is 0.398. The highest BCUT2D eigenvalue weighted by atomic mass is 16.5. The zero-order chi connectivity index (χ0) is 15.1. The minimum Gasteiger partial charge on any atom is -0.497 e. The van der Waals surface area contributed by atoms with E-state index >= 15 is 0 Å². The van der Waals surface area contributed by atoms with Crippen molar-refractivity contribution in [3.63, 3.8) is 0 Å². The quantitative estimate of drug-likeness (QED) is 0.849. The number of carboxylic acid groups (broad SMARTS) is 1. The number of hydrogen-bond donors (Lipinski definition) is 1. The number of hydrogen-bond acceptors (Lipinski definition) is 3. The monoisotopic (exact) mass is 285 g/mol. The zero-order valence-electron chi connectivity index (χ0n) is 12.0. The Bertz CT molecular complexity index is 584. The van der Waals surface area contributed by atoms with Crippen LogP contribution >= 0.6 is 0 Å². The fraction of sp³-hybridized carbons (Fsp3) is 0.294. The molecule has 0 spiro atoms. The second-order valence-electron chi connectivity index (χ2n) is 4.98. The van der Waals surface area contributed by atoms with E-state index < -0.39 is 11.9 Å². The first-order chi connectivity index (χ1) is 10.2. The maximum Gasteiger partial charge on any atom is 0.306 e. The molecule has 1 N–H and O–H groups in total. The van der Waals surface area contributed by atoms with E-state index in [9.17, 15) is 9.90 Å². The molecule has 0 amide bonds. The Labute approximate surface area is 124 Å². The number of aryl methyl sites for hydroxylation is 1. The number of carboxylic acids is 1. The smallest absolute Gasteiger partial charge is 0.306 e. The summed E-state index contributed by atoms with van der Waals surface area (Å²) in [7, 11) is 1.61. The molecule has 110 valence electrons. The molecule has 0 aliphatic heterocycles. The molecule has 4 heteroatoms. The fourth-order valence-electron chi connectivity index (χ4n) is 2.29. The van der Waals surface area contributed by atoms with E-state index in [-0.39, 0.29) is 0 Å². The standard InChI is InChI=1S/C17H19NO3/c1-21-16-4-2-3-14(12-16)11-15(17(19)20)6-5-13-7-9-18-10-8-13/h2-4,7-10,12,15H,5-6,11H2,1H3,(H,19,20). The van der Waals surface area contributed by atoms with Gasteiger partial charge in [-0.1, -0.05) is 12.1 Å². The van der Waals surface area contributed by atoms with Gasteiger partial charge in [0.15, 0.2) is 0 Å². The van der Waals surface area contributed by atoms with Crippen molar-refractivity contribution < 1.29 is 14.6 Å². The van der Waals surface area contributed by atoms with Crippen LogP contribution in [0.4, 0.5) is 0 Å². The third-order valence-corrected chi connectivity index (χ3v) is 3.50. The van der Waals surface area contributed by atoms with Gasteiger partial charge >= 0.3 is 5.97 Å². The summed E-state index contributed by atoms with van der Waals surface area (Å²) in [6.07, 6.45) is 5.32. The maximum atomic E-state index is 11.4. The number of aliphatic carboxylic acids is 1. The van der Waals surface area contributed by atoms with Crippen LogP contribution < -0.4 is 4.74 Å². The van der Waals surface area contributed by atoms with Crippen LogP contribution in [-0.4, -0.2) is 23.2 Å². The summed E-state index contributed by atoms with van der Waals surface area (Å²) in [5.74, 6) is -0.400. The highest BCUT2D eigenvalue weighted by Gasteiger charge is 2.18. The van der Waals surface area contributed by atoms with Gasteiger partial charge in [-0.2, -0.15) is 0 Å². The van der Waals surface area contributed by atoms with Crippen molar-refractivity contribution in [1.29, 1.82) is 0 Å². The lowest BCUT2D eigenvalue weighted by molar-refractivity contribution is -0.141. The molecule has 21 heavy (non-hydrogen) atoms. The molecular formula is C17H19NO3. The number of benzene rings is 1. The lowest BCUT2D eigenvalue weighted by Gasteiger charge is -2.13. The van der Waals surface area contributed by atoms with Gasteiger partial charge in [0.1, 0.15) is 5.75 Å². The third-order valence-electron chi connectivity index (χ3n) is 3.50. The van der Waals surface area contributed by atoms with Crippen molar-refractivity contribution in [2.45, 2.75) is 19.3 Å². The molecule has 0 saturated carbocycles. The molecule has 0 bridgehead atoms. The van der Waals surface area contributed by atoms with Gasteiger partial charge in [0.25, 0.3) is 0 Å². The molecular weight excluding hydrogens is 266 g/mol. The SMILES string of the molecule is COc1cccc(CC(CCc2ccncc2)C(=O)O)c1. The summed E-state index contributed by atoms with van der Waals surface area (Å²) in [4.78, 5) is 15.4. The molecule has 2 rings (SSSR count). The first kappa shape index (κ1) is 15.0. The van der Waals surface area contributed by atoms with Crippen LogP contribution in [0.15, 0.2) is 48.8 Å². The number of rotatable bonds is 7. The van der Waals surface area contributed by atoms with Crippen LogP contribution in [-0.2, 0) is 17.6 Å². The molecule has 0 aliphatic rings. The van der Waals surface area contributed by atoms with Gasteiger partial charge in [-0.3, -0.25) is 9.78 Å². The van der Waals surface area contributed by atoms with E-state index in [0.717, 1.165) is 23.3 Å². The summed E-state index contributed by atoms with van der Waals surface area (Å²) in [6.45, 7) is 0. The van der Waals surface area contributed by atoms with Crippen molar-refractivity contribution >= 4 is 5.97 Å². The highest BCUT2D eigenvalue weighted by molar-refractivity contribution is 5.70. The molecule has 0 saturated heterocycles. The summed E-state index contributed by atoms with van der Waals surface area (Å²) < 4.78 is 5.17. The van der Waals surface area contributed by atoms with Crippen LogP contribution in [0.2, 0.25) is 0 Å². The van der Waals surface area contributed by atoms with Gasteiger partial charge in [-0.05, 0) is 54.7 Å². The molecule has 4 nitrogen and oxygen atoms in total. The molecule has 0 radical (unpaired) electrons. The van der Waals surface area contributed by atoms with Crippen molar-refractivity contribution in [2.24, 2.45) is 5.92 Å². The Hall–Kier alpha value is -2.36. The largest absolute Gasteiger partial charge is 0.497 e. The van der Waals surface area contributed by atoms with Gasteiger partial charge in [-0.25, -0.2) is 0 Å². The number of methoxy groups -OCH3 is 1. The second-order valence-corrected chi connectivity index (χ2v) is 4.98. The van der Waals surface area contributed by atoms with Gasteiger partial charge in [0, 0.05) is 12.4 Å². The molecule has 1 aromatic heterocycles. The van der Waals surface area contributed by atoms with E-state index in [1.54, 1.807) is 19.5 Å². The molecule has 1 atom stereocenters. The maximum absolute atomic E-state index is 11.4. The van der Waals surface area contributed by atoms with Crippen molar-refractivity contribution in [3.05, 3.63) is 59.9 Å². The van der Waals surface area contributed by atoms with E-state index in [0.29, 0.717) is 12.8 Å². The van der Waals surface area contributed by atoms with Crippen molar-refractivity contribution in [3.8, 4) is 5.75 Å². The molecule has 1 heterocycles. The first-order valence-electron chi connectivity index (χ1n) is 6.93. The van der Waals surface area contributed by atoms with Crippen LogP contribution in [0.1, 0.15) is 17.5 Å². The van der Waals surface area contributed by atoms with E-state index in [1.807, 2.05) is 36.4 Å². The number of pyridine rings is 1. The summed E-state index contributed by atoms with van der Waals surface area (Å²) >= 11 is 0. The van der Waals surface area contributed by atoms with Gasteiger partial charge in [0.2, 0.25) is 0 Å². The minimum atomic E-state index is -0.758. The van der Waals surface area contributed by atoms with Crippen LogP contribution in [0.25, 0.3) is 0 Å². The number of carbonyl (C=O) groups is 1. The van der Waals surface area contributed by atoms with Gasteiger partial charge < -0.3 is 9.84 Å². The predicted octanol–water partition coefficient (Wildman–Crippen LogP) is 2.97. The lowest BCUT2D eigenvalue weighted by atomic mass is 9.93. The van der Waals surface area contributed by atoms with Crippen molar-refractivity contribution in [2.75, 3.05) is 7.11 Å². The Balaban J connectivity index is 2.00. The zero-order valence-corrected chi connectivity index (χ0v) is 12.0. The number of aromatic nitrogens is 1. The normalized spacial score (nSPS) is 11.9. The molecule has 1 unspecified atom stereocenters. The highest BCUT2D eigenvalue weighted by Crippen LogP contribution is 2.19. The Kier molecular flexibility index (Phi) is 5.32. The van der Waals surface area contributed by atoms with Crippen molar-refractivity contribution in [1.82, 2.24) is 4.98 Å². The van der Waals surface area contributed by atoms with Crippen LogP contribution in [0, 0.1) is 5.92 Å². The average molecular weight is 285 g/mol. The van der Waals surface area contributed by atoms with Gasteiger partial charge in [-0.15, -0.1) is 0 Å². The van der Waals surface area contributed by atoms with Crippen LogP contribution in [0.3, 0.4) is 0 Å². The average Bonchev–Trinajstić information content (AvgIpc) is 2.52. The first-order valence-corrected chi connectivity index (χ1v) is 6.93. The van der Waals surface area contributed by atoms with E-state index in [4.69, 9.17) is 4.74 Å². The van der Waals surface area contributed by atoms with E-state index in [1.165, 1.54) is 0 Å². The summed E-state index contributed by atoms with van der Waals surface area (Å²) in [5.41, 5.74) is 2.10. The Morgan fingerprint density at radius 2 is 2.00 bits per heavy atom. The molecule has 0 aliphatic carbocycles. The van der Waals surface area contributed by atoms with Gasteiger partial charge in [0.05, 0.1) is 13.0 Å². The molecule has 0 fully saturated rings. The topological polar surface area (TPSA) is 59.4 Å². The third kappa shape index (κ3) is 4.60. The predicted molar refractivity (Wildman–Crippen MR) is 80.4 cm³/mol. The fourth-order valence-corrected chi connectivity index (χ4v) is 2.29.